The van der Waals surface area contributed by atoms with Crippen molar-refractivity contribution in [1.29, 1.82) is 0 Å². The van der Waals surface area contributed by atoms with Crippen LogP contribution in [-0.4, -0.2) is 42.9 Å². The molecule has 0 unspecified atom stereocenters. The van der Waals surface area contributed by atoms with E-state index in [0.717, 1.165) is 44.9 Å². The van der Waals surface area contributed by atoms with E-state index < -0.39 is 0 Å². The molecule has 0 aromatic carbocycles. The molecule has 0 aromatic heterocycles. The highest BCUT2D eigenvalue weighted by Crippen LogP contribution is 2.31. The number of amides is 1. The lowest BCUT2D eigenvalue weighted by atomic mass is 9.82. The zero-order valence-electron chi connectivity index (χ0n) is 17.2. The second-order valence-corrected chi connectivity index (χ2v) is 7.97. The molecule has 4 heteroatoms. The van der Waals surface area contributed by atoms with E-state index in [1.165, 1.54) is 0 Å². The Morgan fingerprint density at radius 1 is 1.28 bits per heavy atom. The summed E-state index contributed by atoms with van der Waals surface area (Å²) in [4.78, 5) is 26.2. The molecule has 25 heavy (non-hydrogen) atoms. The fraction of sp³-hybridized carbons (Fsp3) is 0.905. The summed E-state index contributed by atoms with van der Waals surface area (Å²) in [6.45, 7) is 11.5. The van der Waals surface area contributed by atoms with Crippen LogP contribution in [-0.2, 0) is 14.3 Å². The first-order chi connectivity index (χ1) is 11.9. The maximum atomic E-state index is 13.0. The SMILES string of the molecule is CCC[C@@H]([C@@H](C)CC)[C@@H](CC(=O)N1CCC[C@H]1[C@H](C)[C@@H](C)C=O)OC. The molecule has 0 spiro atoms. The predicted molar refractivity (Wildman–Crippen MR) is 102 cm³/mol. The Morgan fingerprint density at radius 3 is 2.48 bits per heavy atom. The first-order valence-corrected chi connectivity index (χ1v) is 10.2. The molecule has 146 valence electrons. The number of nitrogens with zero attached hydrogens (tertiary/aromatic N) is 1. The van der Waals surface area contributed by atoms with Crippen molar-refractivity contribution in [1.82, 2.24) is 4.90 Å². The third-order valence-corrected chi connectivity index (χ3v) is 6.42. The van der Waals surface area contributed by atoms with Gasteiger partial charge in [-0.1, -0.05) is 47.5 Å². The van der Waals surface area contributed by atoms with Gasteiger partial charge in [-0.05, 0) is 37.0 Å². The Morgan fingerprint density at radius 2 is 1.96 bits per heavy atom. The summed E-state index contributed by atoms with van der Waals surface area (Å²) < 4.78 is 5.78. The molecule has 0 aromatic rings. The minimum atomic E-state index is -0.0116. The van der Waals surface area contributed by atoms with Crippen LogP contribution in [0, 0.1) is 23.7 Å². The van der Waals surface area contributed by atoms with Crippen LogP contribution < -0.4 is 0 Å². The molecule has 0 aliphatic carbocycles. The number of likely N-dealkylation sites (tertiary alicyclic amines) is 1. The molecule has 0 saturated carbocycles. The first-order valence-electron chi connectivity index (χ1n) is 10.2. The van der Waals surface area contributed by atoms with Crippen LogP contribution in [0.4, 0.5) is 0 Å². The van der Waals surface area contributed by atoms with E-state index in [4.69, 9.17) is 4.74 Å². The number of hydrogen-bond acceptors (Lipinski definition) is 3. The Bertz CT molecular complexity index is 412. The molecular formula is C21H39NO3. The lowest BCUT2D eigenvalue weighted by Crippen LogP contribution is -2.43. The van der Waals surface area contributed by atoms with Gasteiger partial charge in [0.1, 0.15) is 6.29 Å². The van der Waals surface area contributed by atoms with Crippen molar-refractivity contribution in [2.45, 2.75) is 85.3 Å². The predicted octanol–water partition coefficient (Wildman–Crippen LogP) is 4.32. The second kappa shape index (κ2) is 10.9. The lowest BCUT2D eigenvalue weighted by Gasteiger charge is -2.34. The van der Waals surface area contributed by atoms with Gasteiger partial charge < -0.3 is 14.4 Å². The van der Waals surface area contributed by atoms with E-state index in [-0.39, 0.29) is 29.9 Å². The quantitative estimate of drug-likeness (QED) is 0.520. The van der Waals surface area contributed by atoms with E-state index in [2.05, 4.69) is 27.7 Å². The van der Waals surface area contributed by atoms with Gasteiger partial charge in [0.15, 0.2) is 0 Å². The van der Waals surface area contributed by atoms with E-state index in [1.54, 1.807) is 7.11 Å². The number of carbonyl (C=O) groups is 2. The van der Waals surface area contributed by atoms with Gasteiger partial charge in [-0.25, -0.2) is 0 Å². The van der Waals surface area contributed by atoms with E-state index in [1.807, 2.05) is 11.8 Å². The van der Waals surface area contributed by atoms with Crippen LogP contribution in [0.2, 0.25) is 0 Å². The molecule has 6 atom stereocenters. The summed E-state index contributed by atoms with van der Waals surface area (Å²) in [6, 6.07) is 0.193. The minimum absolute atomic E-state index is 0.00965. The van der Waals surface area contributed by atoms with E-state index >= 15 is 0 Å². The van der Waals surface area contributed by atoms with Crippen molar-refractivity contribution in [2.24, 2.45) is 23.7 Å². The Labute approximate surface area is 154 Å². The summed E-state index contributed by atoms with van der Waals surface area (Å²) >= 11 is 0. The van der Waals surface area contributed by atoms with Crippen molar-refractivity contribution in [3.63, 3.8) is 0 Å². The number of methoxy groups -OCH3 is 1. The standard InChI is InChI=1S/C21H39NO3/c1-7-10-18(15(3)8-2)20(25-6)13-21(24)22-12-9-11-19(22)17(5)16(4)14-23/h14-20H,7-13H2,1-6H3/t15-,16-,17+,18-,19-,20+/m0/s1. The molecule has 1 saturated heterocycles. The summed E-state index contributed by atoms with van der Waals surface area (Å²) in [5.74, 6) is 1.39. The van der Waals surface area contributed by atoms with Gasteiger partial charge in [0, 0.05) is 25.6 Å². The van der Waals surface area contributed by atoms with Gasteiger partial charge in [0.2, 0.25) is 5.91 Å². The van der Waals surface area contributed by atoms with Gasteiger partial charge >= 0.3 is 0 Å². The number of ether oxygens (including phenoxy) is 1. The average molecular weight is 354 g/mol. The zero-order valence-corrected chi connectivity index (χ0v) is 17.2. The second-order valence-electron chi connectivity index (χ2n) is 7.97. The van der Waals surface area contributed by atoms with Crippen molar-refractivity contribution >= 4 is 12.2 Å². The van der Waals surface area contributed by atoms with Crippen LogP contribution in [0.25, 0.3) is 0 Å². The fourth-order valence-electron chi connectivity index (χ4n) is 4.29. The van der Waals surface area contributed by atoms with Crippen LogP contribution in [0.15, 0.2) is 0 Å². The van der Waals surface area contributed by atoms with Crippen molar-refractivity contribution < 1.29 is 14.3 Å². The molecule has 1 heterocycles. The molecule has 1 fully saturated rings. The minimum Gasteiger partial charge on any atom is -0.381 e. The maximum absolute atomic E-state index is 13.0. The van der Waals surface area contributed by atoms with Gasteiger partial charge in [-0.3, -0.25) is 4.79 Å². The van der Waals surface area contributed by atoms with Crippen LogP contribution in [0.1, 0.15) is 73.1 Å². The Balaban J connectivity index is 2.80. The number of hydrogen-bond donors (Lipinski definition) is 0. The lowest BCUT2D eigenvalue weighted by molar-refractivity contribution is -0.137. The summed E-state index contributed by atoms with van der Waals surface area (Å²) in [5.41, 5.74) is 0. The van der Waals surface area contributed by atoms with Gasteiger partial charge in [0.05, 0.1) is 12.5 Å². The topological polar surface area (TPSA) is 46.6 Å². The molecule has 1 rings (SSSR count). The number of rotatable bonds is 11. The van der Waals surface area contributed by atoms with Gasteiger partial charge in [-0.15, -0.1) is 0 Å². The number of aldehydes is 1. The van der Waals surface area contributed by atoms with Crippen LogP contribution >= 0.6 is 0 Å². The highest BCUT2D eigenvalue weighted by Gasteiger charge is 2.36. The van der Waals surface area contributed by atoms with Crippen LogP contribution in [0.5, 0.6) is 0 Å². The highest BCUT2D eigenvalue weighted by atomic mass is 16.5. The molecule has 1 aliphatic rings. The molecule has 0 radical (unpaired) electrons. The van der Waals surface area contributed by atoms with Crippen molar-refractivity contribution in [2.75, 3.05) is 13.7 Å². The first kappa shape index (κ1) is 22.1. The Kier molecular flexibility index (Phi) is 9.70. The number of carbonyl (C=O) groups excluding carboxylic acids is 2. The van der Waals surface area contributed by atoms with Gasteiger partial charge in [-0.2, -0.15) is 0 Å². The largest absolute Gasteiger partial charge is 0.381 e. The van der Waals surface area contributed by atoms with E-state index in [9.17, 15) is 9.59 Å². The Hall–Kier alpha value is -0.900. The monoisotopic (exact) mass is 353 g/mol. The van der Waals surface area contributed by atoms with Crippen molar-refractivity contribution in [3.8, 4) is 0 Å². The maximum Gasteiger partial charge on any atom is 0.225 e. The normalized spacial score (nSPS) is 23.8. The summed E-state index contributed by atoms with van der Waals surface area (Å²) in [7, 11) is 1.74. The molecule has 1 amide bonds. The average Bonchev–Trinajstić information content (AvgIpc) is 3.12. The zero-order chi connectivity index (χ0) is 19.0. The van der Waals surface area contributed by atoms with E-state index in [0.29, 0.717) is 18.3 Å². The van der Waals surface area contributed by atoms with Crippen LogP contribution in [0.3, 0.4) is 0 Å². The molecular weight excluding hydrogens is 314 g/mol. The third-order valence-electron chi connectivity index (χ3n) is 6.42. The highest BCUT2D eigenvalue weighted by molar-refractivity contribution is 5.77. The summed E-state index contributed by atoms with van der Waals surface area (Å²) in [6.07, 6.45) is 6.83. The third kappa shape index (κ3) is 5.80. The fourth-order valence-corrected chi connectivity index (χ4v) is 4.29. The smallest absolute Gasteiger partial charge is 0.225 e. The summed E-state index contributed by atoms with van der Waals surface area (Å²) in [5, 5.41) is 0. The van der Waals surface area contributed by atoms with Gasteiger partial charge in [0.25, 0.3) is 0 Å². The molecule has 4 nitrogen and oxygen atoms in total. The molecule has 1 aliphatic heterocycles. The molecule has 0 bridgehead atoms. The molecule has 0 N–H and O–H groups in total. The van der Waals surface area contributed by atoms with Crippen molar-refractivity contribution in [3.05, 3.63) is 0 Å².